The van der Waals surface area contributed by atoms with Crippen LogP contribution in [0.4, 0.5) is 0 Å². The van der Waals surface area contributed by atoms with Crippen molar-refractivity contribution in [1.29, 1.82) is 0 Å². The summed E-state index contributed by atoms with van der Waals surface area (Å²) < 4.78 is 18.6. The Morgan fingerprint density at radius 3 is 2.82 bits per heavy atom. The second-order valence-electron chi connectivity index (χ2n) is 8.17. The Morgan fingerprint density at radius 1 is 1.18 bits per heavy atom. The van der Waals surface area contributed by atoms with E-state index in [1.165, 1.54) is 16.5 Å². The first-order valence-corrected chi connectivity index (χ1v) is 11.0. The number of fused-ring (bicyclic) bond motifs is 1. The van der Waals surface area contributed by atoms with Gasteiger partial charge in [0.05, 0.1) is 20.3 Å². The molecule has 8 heteroatoms. The number of methoxy groups -OCH3 is 1. The van der Waals surface area contributed by atoms with E-state index < -0.39 is 6.10 Å². The predicted molar refractivity (Wildman–Crippen MR) is 123 cm³/mol. The van der Waals surface area contributed by atoms with E-state index in [9.17, 15) is 4.79 Å². The Labute approximate surface area is 191 Å². The smallest absolute Gasteiger partial charge is 0.257 e. The molecule has 1 atom stereocenters. The van der Waals surface area contributed by atoms with Crippen LogP contribution in [0.1, 0.15) is 24.0 Å². The number of carbonyl (C=O) groups is 1. The number of rotatable bonds is 6. The Hall–Kier alpha value is -3.65. The standard InChI is InChI=1S/C25H26N4O4/c1-28-15-18(20-5-3-4-6-21(20)28)9-12-23(30)29-13-14-32-22(16-29)25-26-24(27-33-25)17-7-10-19(31-2)11-8-17/h3-8,10-11,15,22H,9,12-14,16H2,1-2H3/t22-/m1/s1. The second-order valence-corrected chi connectivity index (χ2v) is 8.17. The van der Waals surface area contributed by atoms with Gasteiger partial charge in [-0.15, -0.1) is 0 Å². The van der Waals surface area contributed by atoms with E-state index in [4.69, 9.17) is 14.0 Å². The number of morpholine rings is 1. The SMILES string of the molecule is COc1ccc(-c2noc([C@H]3CN(C(=O)CCc4cn(C)c5ccccc45)CCO3)n2)cc1. The van der Waals surface area contributed by atoms with E-state index in [0.717, 1.165) is 11.3 Å². The van der Waals surface area contributed by atoms with Crippen molar-refractivity contribution in [2.45, 2.75) is 18.9 Å². The monoisotopic (exact) mass is 446 g/mol. The number of nitrogens with zero attached hydrogens (tertiary/aromatic N) is 4. The van der Waals surface area contributed by atoms with Crippen molar-refractivity contribution in [3.8, 4) is 17.1 Å². The summed E-state index contributed by atoms with van der Waals surface area (Å²) in [5.74, 6) is 1.73. The molecule has 0 spiro atoms. The summed E-state index contributed by atoms with van der Waals surface area (Å²) in [5, 5.41) is 5.28. The van der Waals surface area contributed by atoms with Crippen molar-refractivity contribution in [2.24, 2.45) is 7.05 Å². The molecule has 1 amide bonds. The van der Waals surface area contributed by atoms with Crippen molar-refractivity contribution in [3.63, 3.8) is 0 Å². The third-order valence-corrected chi connectivity index (χ3v) is 6.07. The Kier molecular flexibility index (Phi) is 5.83. The maximum absolute atomic E-state index is 13.0. The summed E-state index contributed by atoms with van der Waals surface area (Å²) in [6, 6.07) is 15.7. The fraction of sp³-hybridized carbons (Fsp3) is 0.320. The molecule has 1 aliphatic rings. The van der Waals surface area contributed by atoms with Crippen LogP contribution in [0.3, 0.4) is 0 Å². The first-order valence-electron chi connectivity index (χ1n) is 11.0. The first-order chi connectivity index (χ1) is 16.1. The molecule has 1 saturated heterocycles. The molecule has 0 N–H and O–H groups in total. The highest BCUT2D eigenvalue weighted by atomic mass is 16.5. The largest absolute Gasteiger partial charge is 0.497 e. The van der Waals surface area contributed by atoms with Gasteiger partial charge in [0, 0.05) is 42.7 Å². The third kappa shape index (κ3) is 4.34. The molecule has 2 aromatic carbocycles. The van der Waals surface area contributed by atoms with Crippen LogP contribution in [0.2, 0.25) is 0 Å². The lowest BCUT2D eigenvalue weighted by molar-refractivity contribution is -0.140. The molecule has 1 aliphatic heterocycles. The summed E-state index contributed by atoms with van der Waals surface area (Å²) in [5.41, 5.74) is 3.19. The molecular weight excluding hydrogens is 420 g/mol. The number of amides is 1. The Bertz CT molecular complexity index is 1260. The van der Waals surface area contributed by atoms with E-state index in [-0.39, 0.29) is 5.91 Å². The summed E-state index contributed by atoms with van der Waals surface area (Å²) in [4.78, 5) is 19.3. The normalized spacial score (nSPS) is 16.3. The average molecular weight is 447 g/mol. The zero-order valence-electron chi connectivity index (χ0n) is 18.7. The van der Waals surface area contributed by atoms with Gasteiger partial charge in [0.25, 0.3) is 5.89 Å². The minimum Gasteiger partial charge on any atom is -0.497 e. The van der Waals surface area contributed by atoms with Gasteiger partial charge >= 0.3 is 0 Å². The number of hydrogen-bond acceptors (Lipinski definition) is 6. The van der Waals surface area contributed by atoms with E-state index in [1.54, 1.807) is 7.11 Å². The molecule has 5 rings (SSSR count). The molecule has 3 heterocycles. The molecule has 0 aliphatic carbocycles. The van der Waals surface area contributed by atoms with Gasteiger partial charge in [0.2, 0.25) is 11.7 Å². The van der Waals surface area contributed by atoms with Crippen molar-refractivity contribution >= 4 is 16.8 Å². The van der Waals surface area contributed by atoms with Crippen LogP contribution in [-0.4, -0.2) is 52.3 Å². The minimum atomic E-state index is -0.431. The predicted octanol–water partition coefficient (Wildman–Crippen LogP) is 3.77. The van der Waals surface area contributed by atoms with Gasteiger partial charge in [-0.3, -0.25) is 4.79 Å². The number of hydrogen-bond donors (Lipinski definition) is 0. The summed E-state index contributed by atoms with van der Waals surface area (Å²) in [7, 11) is 3.65. The Morgan fingerprint density at radius 2 is 2.00 bits per heavy atom. The zero-order chi connectivity index (χ0) is 22.8. The topological polar surface area (TPSA) is 82.6 Å². The van der Waals surface area contributed by atoms with Crippen molar-refractivity contribution in [3.05, 3.63) is 66.2 Å². The van der Waals surface area contributed by atoms with Crippen molar-refractivity contribution < 1.29 is 18.8 Å². The van der Waals surface area contributed by atoms with E-state index in [1.807, 2.05) is 48.3 Å². The molecule has 33 heavy (non-hydrogen) atoms. The van der Waals surface area contributed by atoms with Crippen LogP contribution in [0.5, 0.6) is 5.75 Å². The lowest BCUT2D eigenvalue weighted by atomic mass is 10.1. The Balaban J connectivity index is 1.23. The lowest BCUT2D eigenvalue weighted by Crippen LogP contribution is -2.42. The number of aryl methyl sites for hydroxylation is 2. The molecule has 1 fully saturated rings. The van der Waals surface area contributed by atoms with Gasteiger partial charge in [0.1, 0.15) is 5.75 Å². The first kappa shape index (κ1) is 21.2. The van der Waals surface area contributed by atoms with Gasteiger partial charge in [0.15, 0.2) is 6.10 Å². The van der Waals surface area contributed by atoms with E-state index >= 15 is 0 Å². The van der Waals surface area contributed by atoms with Crippen molar-refractivity contribution in [1.82, 2.24) is 19.6 Å². The van der Waals surface area contributed by atoms with Gasteiger partial charge in [-0.1, -0.05) is 23.4 Å². The average Bonchev–Trinajstić information content (AvgIpc) is 3.48. The highest BCUT2D eigenvalue weighted by Crippen LogP contribution is 2.26. The fourth-order valence-corrected chi connectivity index (χ4v) is 4.27. The maximum atomic E-state index is 13.0. The number of ether oxygens (including phenoxy) is 2. The maximum Gasteiger partial charge on any atom is 0.257 e. The van der Waals surface area contributed by atoms with Crippen LogP contribution in [0.15, 0.2) is 59.3 Å². The zero-order valence-corrected chi connectivity index (χ0v) is 18.7. The molecule has 0 radical (unpaired) electrons. The highest BCUT2D eigenvalue weighted by Gasteiger charge is 2.29. The van der Waals surface area contributed by atoms with Crippen LogP contribution in [0, 0.1) is 0 Å². The second kappa shape index (κ2) is 9.07. The molecular formula is C25H26N4O4. The number of para-hydroxylation sites is 1. The van der Waals surface area contributed by atoms with Crippen molar-refractivity contribution in [2.75, 3.05) is 26.8 Å². The molecule has 8 nitrogen and oxygen atoms in total. The molecule has 0 bridgehead atoms. The van der Waals surface area contributed by atoms with Crippen LogP contribution in [0.25, 0.3) is 22.3 Å². The number of benzene rings is 2. The molecule has 0 unspecified atom stereocenters. The number of carbonyl (C=O) groups excluding carboxylic acids is 1. The molecule has 4 aromatic rings. The van der Waals surface area contributed by atoms with E-state index in [2.05, 4.69) is 33.0 Å². The van der Waals surface area contributed by atoms with Gasteiger partial charge in [-0.05, 0) is 42.3 Å². The van der Waals surface area contributed by atoms with Gasteiger partial charge < -0.3 is 23.5 Å². The van der Waals surface area contributed by atoms with Crippen LogP contribution < -0.4 is 4.74 Å². The van der Waals surface area contributed by atoms with Crippen LogP contribution in [-0.2, 0) is 23.0 Å². The lowest BCUT2D eigenvalue weighted by Gasteiger charge is -2.31. The van der Waals surface area contributed by atoms with Gasteiger partial charge in [-0.2, -0.15) is 4.98 Å². The van der Waals surface area contributed by atoms with Gasteiger partial charge in [-0.25, -0.2) is 0 Å². The van der Waals surface area contributed by atoms with E-state index in [0.29, 0.717) is 44.3 Å². The van der Waals surface area contributed by atoms with Crippen LogP contribution >= 0.6 is 0 Å². The third-order valence-electron chi connectivity index (χ3n) is 6.07. The quantitative estimate of drug-likeness (QED) is 0.448. The summed E-state index contributed by atoms with van der Waals surface area (Å²) in [6.45, 7) is 1.40. The highest BCUT2D eigenvalue weighted by molar-refractivity contribution is 5.85. The molecule has 170 valence electrons. The molecule has 2 aromatic heterocycles. The molecule has 0 saturated carbocycles. The summed E-state index contributed by atoms with van der Waals surface area (Å²) >= 11 is 0. The summed E-state index contributed by atoms with van der Waals surface area (Å²) in [6.07, 6.45) is 2.82. The fourth-order valence-electron chi connectivity index (χ4n) is 4.27. The number of aromatic nitrogens is 3. The minimum absolute atomic E-state index is 0.103.